The summed E-state index contributed by atoms with van der Waals surface area (Å²) in [5.41, 5.74) is 1.73. The molecule has 0 saturated heterocycles. The second kappa shape index (κ2) is 4.30. The van der Waals surface area contributed by atoms with Gasteiger partial charge < -0.3 is 10.1 Å². The Balaban J connectivity index is 1.50. The summed E-state index contributed by atoms with van der Waals surface area (Å²) in [7, 11) is 1.66. The average molecular weight is 232 g/mol. The molecule has 17 heavy (non-hydrogen) atoms. The van der Waals surface area contributed by atoms with Crippen molar-refractivity contribution in [1.82, 2.24) is 10.3 Å². The zero-order chi connectivity index (χ0) is 11.7. The summed E-state index contributed by atoms with van der Waals surface area (Å²) in [4.78, 5) is 4.41. The summed E-state index contributed by atoms with van der Waals surface area (Å²) in [5, 5.41) is 3.56. The van der Waals surface area contributed by atoms with Crippen molar-refractivity contribution in [2.24, 2.45) is 11.3 Å². The Kier molecular flexibility index (Phi) is 2.79. The maximum Gasteiger partial charge on any atom is 0.213 e. The third-order valence-electron chi connectivity index (χ3n) is 4.11. The van der Waals surface area contributed by atoms with Gasteiger partial charge in [0.1, 0.15) is 0 Å². The maximum absolute atomic E-state index is 5.12. The Morgan fingerprint density at radius 1 is 1.41 bits per heavy atom. The standard InChI is InChI=1S/C14H20N2O/c1-17-13-4-2-3-12(16-13)9-15-10-14(7-8-14)11-5-6-11/h2-4,11,15H,5-10H2,1H3. The lowest BCUT2D eigenvalue weighted by molar-refractivity contribution is 0.389. The number of aromatic nitrogens is 1. The summed E-state index contributed by atoms with van der Waals surface area (Å²) in [6, 6.07) is 5.93. The van der Waals surface area contributed by atoms with Crippen molar-refractivity contribution in [2.45, 2.75) is 32.2 Å². The van der Waals surface area contributed by atoms with Gasteiger partial charge in [-0.25, -0.2) is 4.98 Å². The summed E-state index contributed by atoms with van der Waals surface area (Å²) >= 11 is 0. The molecule has 1 heterocycles. The van der Waals surface area contributed by atoms with Crippen molar-refractivity contribution in [1.29, 1.82) is 0 Å². The van der Waals surface area contributed by atoms with E-state index >= 15 is 0 Å². The SMILES string of the molecule is COc1cccc(CNCC2(C3CC3)CC2)n1. The number of hydrogen-bond donors (Lipinski definition) is 1. The van der Waals surface area contributed by atoms with Crippen LogP contribution < -0.4 is 10.1 Å². The van der Waals surface area contributed by atoms with Gasteiger partial charge in [-0.1, -0.05) is 6.07 Å². The lowest BCUT2D eigenvalue weighted by Crippen LogP contribution is -2.25. The summed E-state index contributed by atoms with van der Waals surface area (Å²) in [6.45, 7) is 2.02. The van der Waals surface area contributed by atoms with E-state index in [4.69, 9.17) is 4.74 Å². The van der Waals surface area contributed by atoms with Crippen molar-refractivity contribution in [3.05, 3.63) is 23.9 Å². The van der Waals surface area contributed by atoms with E-state index in [0.29, 0.717) is 11.3 Å². The van der Waals surface area contributed by atoms with Crippen LogP contribution in [0.15, 0.2) is 18.2 Å². The monoisotopic (exact) mass is 232 g/mol. The molecule has 1 N–H and O–H groups in total. The van der Waals surface area contributed by atoms with Gasteiger partial charge >= 0.3 is 0 Å². The Morgan fingerprint density at radius 2 is 2.24 bits per heavy atom. The fourth-order valence-corrected chi connectivity index (χ4v) is 2.69. The van der Waals surface area contributed by atoms with Crippen molar-refractivity contribution < 1.29 is 4.74 Å². The molecule has 2 saturated carbocycles. The second-order valence-corrected chi connectivity index (χ2v) is 5.41. The lowest BCUT2D eigenvalue weighted by atomic mass is 10.0. The first-order valence-corrected chi connectivity index (χ1v) is 6.53. The van der Waals surface area contributed by atoms with Crippen LogP contribution in [0.3, 0.4) is 0 Å². The van der Waals surface area contributed by atoms with E-state index < -0.39 is 0 Å². The van der Waals surface area contributed by atoms with Gasteiger partial charge in [0, 0.05) is 19.2 Å². The molecule has 3 heteroatoms. The topological polar surface area (TPSA) is 34.1 Å². The molecule has 0 spiro atoms. The molecule has 2 fully saturated rings. The highest BCUT2D eigenvalue weighted by molar-refractivity contribution is 5.15. The Labute approximate surface area is 103 Å². The third kappa shape index (κ3) is 2.44. The fourth-order valence-electron chi connectivity index (χ4n) is 2.69. The highest BCUT2D eigenvalue weighted by Crippen LogP contribution is 2.60. The molecule has 0 atom stereocenters. The van der Waals surface area contributed by atoms with E-state index in [-0.39, 0.29) is 0 Å². The Hall–Kier alpha value is -1.09. The number of ether oxygens (including phenoxy) is 1. The van der Waals surface area contributed by atoms with Gasteiger partial charge in [-0.2, -0.15) is 0 Å². The van der Waals surface area contributed by atoms with Crippen LogP contribution in [0.25, 0.3) is 0 Å². The summed E-state index contributed by atoms with van der Waals surface area (Å²) in [6.07, 6.45) is 5.77. The van der Waals surface area contributed by atoms with Crippen molar-refractivity contribution in [3.63, 3.8) is 0 Å². The van der Waals surface area contributed by atoms with Crippen LogP contribution in [0.5, 0.6) is 5.88 Å². The molecule has 0 amide bonds. The first-order chi connectivity index (χ1) is 8.32. The van der Waals surface area contributed by atoms with Crippen molar-refractivity contribution in [3.8, 4) is 5.88 Å². The largest absolute Gasteiger partial charge is 0.481 e. The predicted octanol–water partition coefficient (Wildman–Crippen LogP) is 2.37. The van der Waals surface area contributed by atoms with Gasteiger partial charge in [-0.15, -0.1) is 0 Å². The van der Waals surface area contributed by atoms with Crippen LogP contribution in [0, 0.1) is 11.3 Å². The number of nitrogens with one attached hydrogen (secondary N) is 1. The molecular formula is C14H20N2O. The van der Waals surface area contributed by atoms with E-state index in [1.807, 2.05) is 18.2 Å². The fraction of sp³-hybridized carbons (Fsp3) is 0.643. The molecule has 2 aliphatic carbocycles. The average Bonchev–Trinajstić information content (AvgIpc) is 3.21. The number of nitrogens with zero attached hydrogens (tertiary/aromatic N) is 1. The molecule has 3 rings (SSSR count). The van der Waals surface area contributed by atoms with Gasteiger partial charge in [-0.05, 0) is 43.1 Å². The molecular weight excluding hydrogens is 212 g/mol. The predicted molar refractivity (Wildman–Crippen MR) is 66.9 cm³/mol. The van der Waals surface area contributed by atoms with Gasteiger partial charge in [0.25, 0.3) is 0 Å². The minimum absolute atomic E-state index is 0.666. The molecule has 0 radical (unpaired) electrons. The van der Waals surface area contributed by atoms with Crippen molar-refractivity contribution in [2.75, 3.05) is 13.7 Å². The van der Waals surface area contributed by atoms with E-state index in [1.54, 1.807) is 7.11 Å². The molecule has 1 aromatic heterocycles. The van der Waals surface area contributed by atoms with E-state index in [1.165, 1.54) is 25.7 Å². The quantitative estimate of drug-likeness (QED) is 0.817. The first kappa shape index (κ1) is 11.0. The van der Waals surface area contributed by atoms with Crippen LogP contribution in [0.1, 0.15) is 31.4 Å². The zero-order valence-electron chi connectivity index (χ0n) is 10.4. The maximum atomic E-state index is 5.12. The van der Waals surface area contributed by atoms with Gasteiger partial charge in [-0.3, -0.25) is 0 Å². The zero-order valence-corrected chi connectivity index (χ0v) is 10.4. The van der Waals surface area contributed by atoms with Crippen LogP contribution in [-0.2, 0) is 6.54 Å². The van der Waals surface area contributed by atoms with Crippen LogP contribution in [0.4, 0.5) is 0 Å². The third-order valence-corrected chi connectivity index (χ3v) is 4.11. The second-order valence-electron chi connectivity index (χ2n) is 5.41. The first-order valence-electron chi connectivity index (χ1n) is 6.53. The van der Waals surface area contributed by atoms with Crippen LogP contribution >= 0.6 is 0 Å². The highest BCUT2D eigenvalue weighted by Gasteiger charge is 2.53. The number of rotatable bonds is 6. The minimum atomic E-state index is 0.666. The van der Waals surface area contributed by atoms with E-state index in [0.717, 1.165) is 24.7 Å². The molecule has 0 unspecified atom stereocenters. The van der Waals surface area contributed by atoms with Gasteiger partial charge in [0.2, 0.25) is 5.88 Å². The van der Waals surface area contributed by atoms with Crippen LogP contribution in [0.2, 0.25) is 0 Å². The number of hydrogen-bond acceptors (Lipinski definition) is 3. The normalized spacial score (nSPS) is 21.2. The molecule has 0 bridgehead atoms. The molecule has 0 aliphatic heterocycles. The smallest absolute Gasteiger partial charge is 0.213 e. The van der Waals surface area contributed by atoms with Crippen LogP contribution in [-0.4, -0.2) is 18.6 Å². The van der Waals surface area contributed by atoms with E-state index in [2.05, 4.69) is 10.3 Å². The molecule has 92 valence electrons. The molecule has 0 aromatic carbocycles. The number of pyridine rings is 1. The number of methoxy groups -OCH3 is 1. The Morgan fingerprint density at radius 3 is 2.88 bits per heavy atom. The molecule has 2 aliphatic rings. The molecule has 3 nitrogen and oxygen atoms in total. The Bertz CT molecular complexity index is 397. The summed E-state index contributed by atoms with van der Waals surface area (Å²) < 4.78 is 5.12. The van der Waals surface area contributed by atoms with Gasteiger partial charge in [0.05, 0.1) is 12.8 Å². The lowest BCUT2D eigenvalue weighted by Gasteiger charge is -2.14. The summed E-state index contributed by atoms with van der Waals surface area (Å²) in [5.74, 6) is 1.72. The van der Waals surface area contributed by atoms with Crippen molar-refractivity contribution >= 4 is 0 Å². The minimum Gasteiger partial charge on any atom is -0.481 e. The van der Waals surface area contributed by atoms with E-state index in [9.17, 15) is 0 Å². The van der Waals surface area contributed by atoms with Gasteiger partial charge in [0.15, 0.2) is 0 Å². The highest BCUT2D eigenvalue weighted by atomic mass is 16.5. The molecule has 1 aromatic rings.